The normalized spacial score (nSPS) is 19.1. The lowest BCUT2D eigenvalue weighted by atomic mass is 9.93. The van der Waals surface area contributed by atoms with Crippen molar-refractivity contribution in [2.24, 2.45) is 0 Å². The van der Waals surface area contributed by atoms with Crippen LogP contribution in [0.3, 0.4) is 0 Å². The third-order valence-electron chi connectivity index (χ3n) is 4.49. The average molecular weight is 356 g/mol. The van der Waals surface area contributed by atoms with Gasteiger partial charge in [-0.1, -0.05) is 41.9 Å². The predicted molar refractivity (Wildman–Crippen MR) is 98.0 cm³/mol. The summed E-state index contributed by atoms with van der Waals surface area (Å²) in [4.78, 5) is 4.32. The van der Waals surface area contributed by atoms with Crippen LogP contribution in [-0.4, -0.2) is 21.9 Å². The third kappa shape index (κ3) is 2.89. The van der Waals surface area contributed by atoms with E-state index in [0.29, 0.717) is 5.95 Å². The van der Waals surface area contributed by atoms with Crippen molar-refractivity contribution in [2.75, 3.05) is 18.2 Å². The van der Waals surface area contributed by atoms with E-state index in [2.05, 4.69) is 15.4 Å². The zero-order chi connectivity index (χ0) is 17.4. The Morgan fingerprint density at radius 1 is 1.20 bits per heavy atom. The largest absolute Gasteiger partial charge is 0.497 e. The Kier molecular flexibility index (Phi) is 3.97. The second kappa shape index (κ2) is 6.29. The molecule has 4 rings (SSSR count). The molecule has 0 spiro atoms. The Balaban J connectivity index is 1.75. The van der Waals surface area contributed by atoms with Gasteiger partial charge in [-0.05, 0) is 35.7 Å². The summed E-state index contributed by atoms with van der Waals surface area (Å²) < 4.78 is 7.09. The SMILES string of the molecule is COc1ccc([C@H]2C[C@H](c3ccccc3Cl)Nc3nc(N)nn32)cc1. The zero-order valence-electron chi connectivity index (χ0n) is 13.7. The molecule has 3 N–H and O–H groups in total. The van der Waals surface area contributed by atoms with Crippen molar-refractivity contribution >= 4 is 23.5 Å². The van der Waals surface area contributed by atoms with Crippen LogP contribution in [0.4, 0.5) is 11.9 Å². The van der Waals surface area contributed by atoms with Crippen LogP contribution in [0.15, 0.2) is 48.5 Å². The van der Waals surface area contributed by atoms with Crippen LogP contribution in [0.5, 0.6) is 5.75 Å². The van der Waals surface area contributed by atoms with Crippen molar-refractivity contribution in [3.8, 4) is 5.75 Å². The molecule has 0 saturated heterocycles. The minimum absolute atomic E-state index is 0.00762. The number of nitrogens with one attached hydrogen (secondary N) is 1. The number of nitrogens with zero attached hydrogens (tertiary/aromatic N) is 3. The van der Waals surface area contributed by atoms with Crippen LogP contribution in [-0.2, 0) is 0 Å². The summed E-state index contributed by atoms with van der Waals surface area (Å²) in [7, 11) is 1.66. The van der Waals surface area contributed by atoms with Gasteiger partial charge in [-0.2, -0.15) is 4.98 Å². The maximum atomic E-state index is 6.40. The molecule has 0 saturated carbocycles. The molecule has 25 heavy (non-hydrogen) atoms. The average Bonchev–Trinajstić information content (AvgIpc) is 3.01. The minimum atomic E-state index is 0.00762. The number of rotatable bonds is 3. The van der Waals surface area contributed by atoms with Gasteiger partial charge in [0.15, 0.2) is 0 Å². The van der Waals surface area contributed by atoms with E-state index in [4.69, 9.17) is 22.1 Å². The highest BCUT2D eigenvalue weighted by molar-refractivity contribution is 6.31. The molecule has 3 aromatic rings. The number of anilines is 2. The maximum absolute atomic E-state index is 6.40. The smallest absolute Gasteiger partial charge is 0.241 e. The van der Waals surface area contributed by atoms with Crippen LogP contribution < -0.4 is 15.8 Å². The van der Waals surface area contributed by atoms with Gasteiger partial charge < -0.3 is 15.8 Å². The summed E-state index contributed by atoms with van der Waals surface area (Å²) in [6.45, 7) is 0. The highest BCUT2D eigenvalue weighted by Gasteiger charge is 2.31. The first-order valence-corrected chi connectivity index (χ1v) is 8.40. The Morgan fingerprint density at radius 3 is 2.68 bits per heavy atom. The van der Waals surface area contributed by atoms with Gasteiger partial charge in [0, 0.05) is 5.02 Å². The topological polar surface area (TPSA) is 78.0 Å². The van der Waals surface area contributed by atoms with E-state index < -0.39 is 0 Å². The Labute approximate surface area is 150 Å². The molecule has 0 radical (unpaired) electrons. The van der Waals surface area contributed by atoms with Crippen LogP contribution in [0.1, 0.15) is 29.6 Å². The van der Waals surface area contributed by atoms with Crippen molar-refractivity contribution in [3.05, 3.63) is 64.7 Å². The molecule has 1 aliphatic rings. The van der Waals surface area contributed by atoms with Gasteiger partial charge in [0.2, 0.25) is 11.9 Å². The summed E-state index contributed by atoms with van der Waals surface area (Å²) in [6.07, 6.45) is 0.784. The van der Waals surface area contributed by atoms with E-state index >= 15 is 0 Å². The van der Waals surface area contributed by atoms with E-state index in [0.717, 1.165) is 28.3 Å². The van der Waals surface area contributed by atoms with Crippen molar-refractivity contribution in [1.29, 1.82) is 0 Å². The van der Waals surface area contributed by atoms with E-state index in [1.165, 1.54) is 0 Å². The van der Waals surface area contributed by atoms with Crippen LogP contribution >= 0.6 is 11.6 Å². The van der Waals surface area contributed by atoms with Crippen molar-refractivity contribution in [2.45, 2.75) is 18.5 Å². The first-order chi connectivity index (χ1) is 12.2. The molecule has 6 nitrogen and oxygen atoms in total. The Morgan fingerprint density at radius 2 is 1.96 bits per heavy atom. The number of hydrogen-bond donors (Lipinski definition) is 2. The number of methoxy groups -OCH3 is 1. The van der Waals surface area contributed by atoms with Gasteiger partial charge in [0.05, 0.1) is 19.2 Å². The molecule has 0 bridgehead atoms. The molecule has 2 aromatic carbocycles. The van der Waals surface area contributed by atoms with Crippen molar-refractivity contribution < 1.29 is 4.74 Å². The molecule has 0 fully saturated rings. The fourth-order valence-corrected chi connectivity index (χ4v) is 3.53. The Hall–Kier alpha value is -2.73. The molecule has 0 amide bonds. The van der Waals surface area contributed by atoms with Gasteiger partial charge >= 0.3 is 0 Å². The number of nitrogen functional groups attached to an aromatic ring is 1. The summed E-state index contributed by atoms with van der Waals surface area (Å²) in [5.74, 6) is 1.72. The van der Waals surface area contributed by atoms with Gasteiger partial charge in [-0.25, -0.2) is 4.68 Å². The predicted octanol–water partition coefficient (Wildman–Crippen LogP) is 3.67. The second-order valence-corrected chi connectivity index (χ2v) is 6.39. The van der Waals surface area contributed by atoms with Crippen LogP contribution in [0.2, 0.25) is 5.02 Å². The van der Waals surface area contributed by atoms with Crippen LogP contribution in [0.25, 0.3) is 0 Å². The van der Waals surface area contributed by atoms with E-state index in [-0.39, 0.29) is 18.0 Å². The highest BCUT2D eigenvalue weighted by Crippen LogP contribution is 2.40. The third-order valence-corrected chi connectivity index (χ3v) is 4.83. The van der Waals surface area contributed by atoms with E-state index in [1.54, 1.807) is 7.11 Å². The number of nitrogens with two attached hydrogens (primary N) is 1. The number of aromatic nitrogens is 3. The van der Waals surface area contributed by atoms with Crippen LogP contribution in [0, 0.1) is 0 Å². The fourth-order valence-electron chi connectivity index (χ4n) is 3.26. The lowest BCUT2D eigenvalue weighted by Crippen LogP contribution is -2.28. The van der Waals surface area contributed by atoms with Gasteiger partial charge in [0.1, 0.15) is 5.75 Å². The summed E-state index contributed by atoms with van der Waals surface area (Å²) in [5.41, 5.74) is 7.98. The Bertz CT molecular complexity index is 893. The molecule has 2 heterocycles. The monoisotopic (exact) mass is 355 g/mol. The fraction of sp³-hybridized carbons (Fsp3) is 0.222. The molecule has 1 aromatic heterocycles. The minimum Gasteiger partial charge on any atom is -0.497 e. The summed E-state index contributed by atoms with van der Waals surface area (Å²) in [5, 5.41) is 8.49. The number of benzene rings is 2. The molecule has 7 heteroatoms. The molecule has 2 atom stereocenters. The molecule has 0 aliphatic carbocycles. The van der Waals surface area contributed by atoms with Gasteiger partial charge in [-0.3, -0.25) is 0 Å². The molecule has 1 aliphatic heterocycles. The second-order valence-electron chi connectivity index (χ2n) is 5.98. The van der Waals surface area contributed by atoms with Crippen molar-refractivity contribution in [3.63, 3.8) is 0 Å². The van der Waals surface area contributed by atoms with Gasteiger partial charge in [0.25, 0.3) is 0 Å². The summed E-state index contributed by atoms with van der Waals surface area (Å²) in [6, 6.07) is 15.8. The molecule has 128 valence electrons. The quantitative estimate of drug-likeness (QED) is 0.749. The van der Waals surface area contributed by atoms with Crippen molar-refractivity contribution in [1.82, 2.24) is 14.8 Å². The van der Waals surface area contributed by atoms with E-state index in [9.17, 15) is 0 Å². The van der Waals surface area contributed by atoms with E-state index in [1.807, 2.05) is 53.2 Å². The summed E-state index contributed by atoms with van der Waals surface area (Å²) >= 11 is 6.40. The highest BCUT2D eigenvalue weighted by atomic mass is 35.5. The number of halogens is 1. The number of ether oxygens (including phenoxy) is 1. The van der Waals surface area contributed by atoms with Gasteiger partial charge in [-0.15, -0.1) is 5.10 Å². The first-order valence-electron chi connectivity index (χ1n) is 8.02. The standard InChI is InChI=1S/C18H18ClN5O/c1-25-12-8-6-11(7-9-12)16-10-15(13-4-2-3-5-14(13)19)21-18-22-17(20)23-24(16)18/h2-9,15-16H,10H2,1H3,(H3,20,21,22,23)/t15-,16-/m1/s1. The number of hydrogen-bond acceptors (Lipinski definition) is 5. The molecular weight excluding hydrogens is 338 g/mol. The lowest BCUT2D eigenvalue weighted by Gasteiger charge is -2.32. The molecule has 0 unspecified atom stereocenters. The zero-order valence-corrected chi connectivity index (χ0v) is 14.4. The molecular formula is C18H18ClN5O. The lowest BCUT2D eigenvalue weighted by molar-refractivity contribution is 0.411. The maximum Gasteiger partial charge on any atom is 0.241 e. The first kappa shape index (κ1) is 15.8. The number of fused-ring (bicyclic) bond motifs is 1.